The van der Waals surface area contributed by atoms with Crippen molar-refractivity contribution in [2.24, 2.45) is 5.10 Å². The van der Waals surface area contributed by atoms with Crippen LogP contribution in [0.3, 0.4) is 0 Å². The van der Waals surface area contributed by atoms with Gasteiger partial charge in [0.05, 0.1) is 18.6 Å². The number of hydrogen-bond acceptors (Lipinski definition) is 4. The first-order valence-corrected chi connectivity index (χ1v) is 7.73. The highest BCUT2D eigenvalue weighted by Crippen LogP contribution is 2.18. The molecule has 0 spiro atoms. The largest absolute Gasteiger partial charge is 0.545 e. The third kappa shape index (κ3) is 4.09. The van der Waals surface area contributed by atoms with Crippen LogP contribution in [0.5, 0.6) is 0 Å². The van der Waals surface area contributed by atoms with Crippen LogP contribution in [0.25, 0.3) is 10.8 Å². The molecule has 3 aromatic carbocycles. The number of amides is 1. The number of carbonyl (C=O) groups is 2. The third-order valence-corrected chi connectivity index (χ3v) is 3.78. The molecule has 0 aliphatic heterocycles. The van der Waals surface area contributed by atoms with Crippen LogP contribution in [0.15, 0.2) is 71.8 Å². The van der Waals surface area contributed by atoms with E-state index in [1.54, 1.807) is 12.1 Å². The van der Waals surface area contributed by atoms with Crippen molar-refractivity contribution in [1.29, 1.82) is 0 Å². The van der Waals surface area contributed by atoms with Crippen LogP contribution in [-0.2, 0) is 11.2 Å². The van der Waals surface area contributed by atoms with Crippen LogP contribution in [0, 0.1) is 0 Å². The number of carbonyl (C=O) groups excluding carboxylic acids is 2. The number of benzene rings is 3. The van der Waals surface area contributed by atoms with Gasteiger partial charge < -0.3 is 9.90 Å². The van der Waals surface area contributed by atoms with Gasteiger partial charge in [-0.2, -0.15) is 5.10 Å². The summed E-state index contributed by atoms with van der Waals surface area (Å²) in [4.78, 5) is 22.8. The Morgan fingerprint density at radius 2 is 1.68 bits per heavy atom. The first kappa shape index (κ1) is 16.4. The first-order chi connectivity index (χ1) is 12.1. The van der Waals surface area contributed by atoms with Gasteiger partial charge in [0, 0.05) is 0 Å². The normalized spacial score (nSPS) is 10.9. The number of rotatable bonds is 5. The smallest absolute Gasteiger partial charge is 0.244 e. The lowest BCUT2D eigenvalue weighted by molar-refractivity contribution is -0.255. The molecule has 3 rings (SSSR count). The minimum absolute atomic E-state index is 0.0946. The SMILES string of the molecule is O=C(Cc1cccc2ccccc12)N/N=C\c1ccc(C(=O)[O-])cc1. The third-order valence-electron chi connectivity index (χ3n) is 3.78. The summed E-state index contributed by atoms with van der Waals surface area (Å²) in [5.74, 6) is -1.45. The van der Waals surface area contributed by atoms with Crippen LogP contribution in [-0.4, -0.2) is 18.1 Å². The molecule has 0 unspecified atom stereocenters. The zero-order valence-electron chi connectivity index (χ0n) is 13.3. The molecule has 0 bridgehead atoms. The molecule has 1 N–H and O–H groups in total. The van der Waals surface area contributed by atoms with Gasteiger partial charge in [-0.05, 0) is 27.5 Å². The Bertz CT molecular complexity index is 941. The van der Waals surface area contributed by atoms with Gasteiger partial charge in [-0.1, -0.05) is 66.7 Å². The van der Waals surface area contributed by atoms with E-state index in [-0.39, 0.29) is 17.9 Å². The van der Waals surface area contributed by atoms with E-state index >= 15 is 0 Å². The Kier molecular flexibility index (Phi) is 4.85. The summed E-state index contributed by atoms with van der Waals surface area (Å²) >= 11 is 0. The molecule has 3 aromatic rings. The van der Waals surface area contributed by atoms with Crippen LogP contribution in [0.4, 0.5) is 0 Å². The molecule has 1 amide bonds. The molecule has 0 fully saturated rings. The molecule has 0 aliphatic rings. The summed E-state index contributed by atoms with van der Waals surface area (Å²) in [6.45, 7) is 0. The van der Waals surface area contributed by atoms with Gasteiger partial charge in [0.25, 0.3) is 0 Å². The van der Waals surface area contributed by atoms with Crippen molar-refractivity contribution in [2.45, 2.75) is 6.42 Å². The number of nitrogens with zero attached hydrogens (tertiary/aromatic N) is 1. The van der Waals surface area contributed by atoms with E-state index in [0.717, 1.165) is 16.3 Å². The van der Waals surface area contributed by atoms with Gasteiger partial charge in [0.2, 0.25) is 5.91 Å². The molecule has 5 nitrogen and oxygen atoms in total. The van der Waals surface area contributed by atoms with E-state index in [1.807, 2.05) is 42.5 Å². The Labute approximate surface area is 144 Å². The predicted octanol–water partition coefficient (Wildman–Crippen LogP) is 1.90. The summed E-state index contributed by atoms with van der Waals surface area (Å²) in [5.41, 5.74) is 4.19. The van der Waals surface area contributed by atoms with Crippen LogP contribution in [0.1, 0.15) is 21.5 Å². The maximum Gasteiger partial charge on any atom is 0.244 e. The lowest BCUT2D eigenvalue weighted by atomic mass is 10.0. The Balaban J connectivity index is 1.63. The lowest BCUT2D eigenvalue weighted by Crippen LogP contribution is -2.22. The number of hydrogen-bond donors (Lipinski definition) is 1. The van der Waals surface area contributed by atoms with Crippen molar-refractivity contribution in [3.63, 3.8) is 0 Å². The summed E-state index contributed by atoms with van der Waals surface area (Å²) in [6, 6.07) is 19.8. The predicted molar refractivity (Wildman–Crippen MR) is 94.2 cm³/mol. The van der Waals surface area contributed by atoms with Crippen molar-refractivity contribution in [3.8, 4) is 0 Å². The molecule has 0 aromatic heterocycles. The zero-order valence-corrected chi connectivity index (χ0v) is 13.3. The minimum Gasteiger partial charge on any atom is -0.545 e. The minimum atomic E-state index is -1.23. The topological polar surface area (TPSA) is 81.6 Å². The van der Waals surface area contributed by atoms with Crippen molar-refractivity contribution in [3.05, 3.63) is 83.4 Å². The molecule has 0 heterocycles. The maximum absolute atomic E-state index is 12.1. The standard InChI is InChI=1S/C20H16N2O3/c23-19(12-17-6-3-5-15-4-1-2-7-18(15)17)22-21-13-14-8-10-16(11-9-14)20(24)25/h1-11,13H,12H2,(H,22,23)(H,24,25)/p-1/b21-13-. The van der Waals surface area contributed by atoms with Gasteiger partial charge >= 0.3 is 0 Å². The lowest BCUT2D eigenvalue weighted by Gasteiger charge is -2.05. The average molecular weight is 331 g/mol. The van der Waals surface area contributed by atoms with Gasteiger partial charge in [-0.15, -0.1) is 0 Å². The van der Waals surface area contributed by atoms with E-state index in [9.17, 15) is 14.7 Å². The second-order valence-corrected chi connectivity index (χ2v) is 5.52. The fraction of sp³-hybridized carbons (Fsp3) is 0.0500. The molecule has 0 saturated carbocycles. The molecular formula is C20H15N2O3-. The number of hydrazone groups is 1. The molecule has 124 valence electrons. The van der Waals surface area contributed by atoms with Gasteiger partial charge in [0.1, 0.15) is 0 Å². The van der Waals surface area contributed by atoms with Crippen LogP contribution < -0.4 is 10.5 Å². The van der Waals surface area contributed by atoms with E-state index in [2.05, 4.69) is 10.5 Å². The van der Waals surface area contributed by atoms with Crippen molar-refractivity contribution < 1.29 is 14.7 Å². The number of nitrogens with one attached hydrogen (secondary N) is 1. The molecule has 0 radical (unpaired) electrons. The van der Waals surface area contributed by atoms with Gasteiger partial charge in [-0.3, -0.25) is 4.79 Å². The maximum atomic E-state index is 12.1. The second kappa shape index (κ2) is 7.40. The van der Waals surface area contributed by atoms with E-state index in [4.69, 9.17) is 0 Å². The van der Waals surface area contributed by atoms with Gasteiger partial charge in [-0.25, -0.2) is 5.43 Å². The number of carboxylic acid groups (broad SMARTS) is 1. The summed E-state index contributed by atoms with van der Waals surface area (Å²) < 4.78 is 0. The highest BCUT2D eigenvalue weighted by molar-refractivity contribution is 5.91. The highest BCUT2D eigenvalue weighted by atomic mass is 16.4. The fourth-order valence-corrected chi connectivity index (χ4v) is 2.54. The Morgan fingerprint density at radius 3 is 2.44 bits per heavy atom. The number of fused-ring (bicyclic) bond motifs is 1. The van der Waals surface area contributed by atoms with Crippen molar-refractivity contribution in [2.75, 3.05) is 0 Å². The molecule has 0 atom stereocenters. The Hall–Kier alpha value is -3.47. The molecule has 25 heavy (non-hydrogen) atoms. The monoisotopic (exact) mass is 331 g/mol. The van der Waals surface area contributed by atoms with Crippen molar-refractivity contribution in [1.82, 2.24) is 5.43 Å². The fourth-order valence-electron chi connectivity index (χ4n) is 2.54. The average Bonchev–Trinajstić information content (AvgIpc) is 2.62. The quantitative estimate of drug-likeness (QED) is 0.572. The first-order valence-electron chi connectivity index (χ1n) is 7.73. The zero-order chi connectivity index (χ0) is 17.6. The summed E-state index contributed by atoms with van der Waals surface area (Å²) in [5, 5.41) is 16.7. The molecular weight excluding hydrogens is 316 g/mol. The van der Waals surface area contributed by atoms with Crippen molar-refractivity contribution >= 4 is 28.9 Å². The number of aromatic carboxylic acids is 1. The van der Waals surface area contributed by atoms with Gasteiger partial charge in [0.15, 0.2) is 0 Å². The number of carboxylic acids is 1. The van der Waals surface area contributed by atoms with E-state index in [0.29, 0.717) is 5.56 Å². The highest BCUT2D eigenvalue weighted by Gasteiger charge is 2.05. The van der Waals surface area contributed by atoms with Crippen LogP contribution in [0.2, 0.25) is 0 Å². The summed E-state index contributed by atoms with van der Waals surface area (Å²) in [6.07, 6.45) is 1.68. The second-order valence-electron chi connectivity index (χ2n) is 5.52. The molecule has 0 aliphatic carbocycles. The Morgan fingerprint density at radius 1 is 0.960 bits per heavy atom. The van der Waals surface area contributed by atoms with E-state index in [1.165, 1.54) is 18.3 Å². The van der Waals surface area contributed by atoms with E-state index < -0.39 is 5.97 Å². The molecule has 5 heteroatoms. The molecule has 0 saturated heterocycles. The summed E-state index contributed by atoms with van der Waals surface area (Å²) in [7, 11) is 0. The van der Waals surface area contributed by atoms with Crippen LogP contribution >= 0.6 is 0 Å².